The zero-order valence-corrected chi connectivity index (χ0v) is 18.0. The number of hydrogen-bond acceptors (Lipinski definition) is 4. The molecule has 1 unspecified atom stereocenters. The summed E-state index contributed by atoms with van der Waals surface area (Å²) in [6, 6.07) is 10.6. The third-order valence-electron chi connectivity index (χ3n) is 4.01. The Labute approximate surface area is 183 Å². The van der Waals surface area contributed by atoms with Crippen LogP contribution in [-0.2, 0) is 16.0 Å². The Kier molecular flexibility index (Phi) is 8.82. The Morgan fingerprint density at radius 1 is 1.10 bits per heavy atom. The number of hydrogen-bond donors (Lipinski definition) is 3. The molecule has 2 aromatic rings. The molecule has 4 N–H and O–H groups in total. The van der Waals surface area contributed by atoms with Crippen LogP contribution in [0, 0.1) is 0 Å². The number of amides is 3. The van der Waals surface area contributed by atoms with E-state index in [-0.39, 0.29) is 22.9 Å². The van der Waals surface area contributed by atoms with Crippen LogP contribution in [0.4, 0.5) is 5.69 Å². The molecular formula is C20H21Cl2N3O3S. The van der Waals surface area contributed by atoms with Gasteiger partial charge in [-0.05, 0) is 54.3 Å². The van der Waals surface area contributed by atoms with Crippen LogP contribution in [0.25, 0.3) is 0 Å². The number of rotatable bonds is 9. The molecule has 2 aromatic carbocycles. The van der Waals surface area contributed by atoms with Gasteiger partial charge in [0.25, 0.3) is 5.91 Å². The first-order valence-electron chi connectivity index (χ1n) is 8.73. The Morgan fingerprint density at radius 3 is 2.38 bits per heavy atom. The molecule has 29 heavy (non-hydrogen) atoms. The lowest BCUT2D eigenvalue weighted by Gasteiger charge is -2.19. The molecule has 0 saturated carbocycles. The number of anilines is 1. The van der Waals surface area contributed by atoms with Gasteiger partial charge in [-0.25, -0.2) is 0 Å². The SMILES string of the molecule is CSCCC(NC(=O)c1ccc(Cl)cc1Cl)C(=O)Nc1ccc(CC(N)=O)cc1. The van der Waals surface area contributed by atoms with Gasteiger partial charge in [0, 0.05) is 10.7 Å². The molecule has 0 aliphatic heterocycles. The summed E-state index contributed by atoms with van der Waals surface area (Å²) in [5, 5.41) is 6.14. The normalized spacial score (nSPS) is 11.6. The first-order chi connectivity index (χ1) is 13.8. The van der Waals surface area contributed by atoms with E-state index in [1.807, 2.05) is 6.26 Å². The van der Waals surface area contributed by atoms with Gasteiger partial charge in [-0.3, -0.25) is 14.4 Å². The second kappa shape index (κ2) is 11.1. The zero-order valence-electron chi connectivity index (χ0n) is 15.7. The highest BCUT2D eigenvalue weighted by Gasteiger charge is 2.22. The summed E-state index contributed by atoms with van der Waals surface area (Å²) < 4.78 is 0. The molecule has 0 heterocycles. The molecule has 0 fully saturated rings. The van der Waals surface area contributed by atoms with Crippen molar-refractivity contribution >= 4 is 58.4 Å². The molecule has 0 radical (unpaired) electrons. The fraction of sp³-hybridized carbons (Fsp3) is 0.250. The van der Waals surface area contributed by atoms with E-state index in [1.165, 1.54) is 12.1 Å². The first-order valence-corrected chi connectivity index (χ1v) is 10.9. The number of nitrogens with one attached hydrogen (secondary N) is 2. The average Bonchev–Trinajstić information content (AvgIpc) is 2.66. The van der Waals surface area contributed by atoms with Crippen LogP contribution in [-0.4, -0.2) is 35.8 Å². The molecule has 6 nitrogen and oxygen atoms in total. The quantitative estimate of drug-likeness (QED) is 0.540. The van der Waals surface area contributed by atoms with Crippen LogP contribution >= 0.6 is 35.0 Å². The van der Waals surface area contributed by atoms with Crippen molar-refractivity contribution in [2.45, 2.75) is 18.9 Å². The van der Waals surface area contributed by atoms with E-state index in [9.17, 15) is 14.4 Å². The molecule has 1 atom stereocenters. The maximum atomic E-state index is 12.7. The molecule has 154 valence electrons. The van der Waals surface area contributed by atoms with Gasteiger partial charge in [0.05, 0.1) is 17.0 Å². The molecule has 0 bridgehead atoms. The van der Waals surface area contributed by atoms with E-state index < -0.39 is 17.9 Å². The maximum Gasteiger partial charge on any atom is 0.253 e. The van der Waals surface area contributed by atoms with E-state index in [1.54, 1.807) is 42.1 Å². The van der Waals surface area contributed by atoms with Crippen molar-refractivity contribution in [2.75, 3.05) is 17.3 Å². The fourth-order valence-electron chi connectivity index (χ4n) is 2.55. The second-order valence-electron chi connectivity index (χ2n) is 6.26. The maximum absolute atomic E-state index is 12.7. The van der Waals surface area contributed by atoms with Crippen LogP contribution < -0.4 is 16.4 Å². The number of thioether (sulfide) groups is 1. The van der Waals surface area contributed by atoms with Crippen LogP contribution in [0.2, 0.25) is 10.0 Å². The fourth-order valence-corrected chi connectivity index (χ4v) is 3.52. The number of carbonyl (C=O) groups is 3. The molecule has 0 saturated heterocycles. The van der Waals surface area contributed by atoms with Gasteiger partial charge in [0.15, 0.2) is 0 Å². The molecule has 0 aromatic heterocycles. The van der Waals surface area contributed by atoms with E-state index in [4.69, 9.17) is 28.9 Å². The van der Waals surface area contributed by atoms with Crippen molar-refractivity contribution in [3.63, 3.8) is 0 Å². The highest BCUT2D eigenvalue weighted by atomic mass is 35.5. The van der Waals surface area contributed by atoms with Crippen molar-refractivity contribution in [3.05, 3.63) is 63.6 Å². The van der Waals surface area contributed by atoms with E-state index in [2.05, 4.69) is 10.6 Å². The summed E-state index contributed by atoms with van der Waals surface area (Å²) in [5.41, 5.74) is 6.72. The van der Waals surface area contributed by atoms with E-state index >= 15 is 0 Å². The van der Waals surface area contributed by atoms with Crippen molar-refractivity contribution in [2.24, 2.45) is 5.73 Å². The van der Waals surface area contributed by atoms with Crippen molar-refractivity contribution in [3.8, 4) is 0 Å². The van der Waals surface area contributed by atoms with Crippen LogP contribution in [0.3, 0.4) is 0 Å². The Hall–Kier alpha value is -2.22. The Morgan fingerprint density at radius 2 is 1.79 bits per heavy atom. The standard InChI is InChI=1S/C20H21Cl2N3O3S/c1-29-9-8-17(25-19(27)15-7-4-13(21)11-16(15)22)20(28)24-14-5-2-12(3-6-14)10-18(23)26/h2-7,11,17H,8-10H2,1H3,(H2,23,26)(H,24,28)(H,25,27). The lowest BCUT2D eigenvalue weighted by Crippen LogP contribution is -2.44. The lowest BCUT2D eigenvalue weighted by atomic mass is 10.1. The van der Waals surface area contributed by atoms with Gasteiger partial charge < -0.3 is 16.4 Å². The Bertz CT molecular complexity index is 891. The van der Waals surface area contributed by atoms with Gasteiger partial charge in [-0.15, -0.1) is 0 Å². The predicted octanol–water partition coefficient (Wildman–Crippen LogP) is 3.51. The molecule has 0 aliphatic carbocycles. The monoisotopic (exact) mass is 453 g/mol. The first kappa shape index (κ1) is 23.1. The van der Waals surface area contributed by atoms with Crippen molar-refractivity contribution < 1.29 is 14.4 Å². The summed E-state index contributed by atoms with van der Waals surface area (Å²) in [5.74, 6) is -0.545. The van der Waals surface area contributed by atoms with Gasteiger partial charge in [0.2, 0.25) is 11.8 Å². The summed E-state index contributed by atoms with van der Waals surface area (Å²) >= 11 is 13.5. The average molecular weight is 454 g/mol. The molecular weight excluding hydrogens is 433 g/mol. The van der Waals surface area contributed by atoms with E-state index in [0.29, 0.717) is 22.9 Å². The van der Waals surface area contributed by atoms with Gasteiger partial charge in [-0.2, -0.15) is 11.8 Å². The minimum atomic E-state index is -0.744. The third kappa shape index (κ3) is 7.27. The van der Waals surface area contributed by atoms with Gasteiger partial charge in [0.1, 0.15) is 6.04 Å². The number of halogens is 2. The molecule has 3 amide bonds. The minimum Gasteiger partial charge on any atom is -0.369 e. The number of benzene rings is 2. The number of nitrogens with two attached hydrogens (primary N) is 1. The summed E-state index contributed by atoms with van der Waals surface area (Å²) in [6.07, 6.45) is 2.50. The van der Waals surface area contributed by atoms with Crippen molar-refractivity contribution in [1.82, 2.24) is 5.32 Å². The van der Waals surface area contributed by atoms with Crippen molar-refractivity contribution in [1.29, 1.82) is 0 Å². The lowest BCUT2D eigenvalue weighted by molar-refractivity contribution is -0.118. The number of carbonyl (C=O) groups excluding carboxylic acids is 3. The zero-order chi connectivity index (χ0) is 21.4. The predicted molar refractivity (Wildman–Crippen MR) is 119 cm³/mol. The highest BCUT2D eigenvalue weighted by Crippen LogP contribution is 2.21. The Balaban J connectivity index is 2.08. The minimum absolute atomic E-state index is 0.127. The smallest absolute Gasteiger partial charge is 0.253 e. The second-order valence-corrected chi connectivity index (χ2v) is 8.09. The van der Waals surface area contributed by atoms with Gasteiger partial charge >= 0.3 is 0 Å². The third-order valence-corrected chi connectivity index (χ3v) is 5.20. The molecule has 0 spiro atoms. The largest absolute Gasteiger partial charge is 0.369 e. The topological polar surface area (TPSA) is 101 Å². The summed E-state index contributed by atoms with van der Waals surface area (Å²) in [6.45, 7) is 0. The van der Waals surface area contributed by atoms with Crippen LogP contribution in [0.15, 0.2) is 42.5 Å². The van der Waals surface area contributed by atoms with Crippen LogP contribution in [0.1, 0.15) is 22.3 Å². The number of primary amides is 1. The van der Waals surface area contributed by atoms with Gasteiger partial charge in [-0.1, -0.05) is 35.3 Å². The van der Waals surface area contributed by atoms with E-state index in [0.717, 1.165) is 5.56 Å². The molecule has 2 rings (SSSR count). The molecule has 0 aliphatic rings. The summed E-state index contributed by atoms with van der Waals surface area (Å²) in [4.78, 5) is 36.3. The summed E-state index contributed by atoms with van der Waals surface area (Å²) in [7, 11) is 0. The highest BCUT2D eigenvalue weighted by molar-refractivity contribution is 7.98. The molecule has 9 heteroatoms. The van der Waals surface area contributed by atoms with Crippen LogP contribution in [0.5, 0.6) is 0 Å².